The Kier molecular flexibility index (Phi) is 129. The summed E-state index contributed by atoms with van der Waals surface area (Å²) in [6.45, 7) is 38.3. The molecule has 0 aromatic carbocycles. The molecule has 8 fully saturated rings. The lowest BCUT2D eigenvalue weighted by Gasteiger charge is -2.47. The summed E-state index contributed by atoms with van der Waals surface area (Å²) in [5.74, 6) is 8.73. The van der Waals surface area contributed by atoms with Crippen molar-refractivity contribution in [1.29, 1.82) is 0 Å². The summed E-state index contributed by atoms with van der Waals surface area (Å²) in [5, 5.41) is 12.0. The zero-order valence-electron chi connectivity index (χ0n) is 67.1. The second kappa shape index (κ2) is 101. The van der Waals surface area contributed by atoms with Crippen molar-refractivity contribution in [2.75, 3.05) is 191 Å². The highest BCUT2D eigenvalue weighted by atomic mass is 35.5. The monoisotopic (exact) mass is 1660 g/mol. The Morgan fingerprint density at radius 2 is 0.884 bits per heavy atom. The first-order valence-electron chi connectivity index (χ1n) is 35.3. The summed E-state index contributed by atoms with van der Waals surface area (Å²) < 4.78 is 10.8. The number of ketones is 1. The number of Topliss-reactive ketones (excluding diaryl/α,β-unsaturated/α-hetero) is 1. The van der Waals surface area contributed by atoms with Gasteiger partial charge in [-0.15, -0.1) is 48.6 Å². The maximum atomic E-state index is 11.7. The van der Waals surface area contributed by atoms with Gasteiger partial charge in [0.25, 0.3) is 0 Å². The fourth-order valence-corrected chi connectivity index (χ4v) is 9.58. The molecule has 28 radical (unpaired) electrons. The van der Waals surface area contributed by atoms with E-state index in [1.165, 1.54) is 45.3 Å². The van der Waals surface area contributed by atoms with Crippen LogP contribution in [0.2, 0.25) is 0 Å². The zero-order valence-corrected chi connectivity index (χ0v) is 74.4. The van der Waals surface area contributed by atoms with Crippen LogP contribution in [0.15, 0.2) is 0 Å². The van der Waals surface area contributed by atoms with Gasteiger partial charge in [-0.3, -0.25) is 62.6 Å². The maximum absolute atomic E-state index is 11.7. The Bertz CT molecular complexity index is 2220. The molecule has 8 heterocycles. The Morgan fingerprint density at radius 1 is 0.580 bits per heavy atom. The number of ether oxygens (including phenoxy) is 1. The van der Waals surface area contributed by atoms with Crippen LogP contribution in [-0.4, -0.2) is 445 Å². The van der Waals surface area contributed by atoms with Crippen LogP contribution >= 0.6 is 70.2 Å². The van der Waals surface area contributed by atoms with E-state index in [1.807, 2.05) is 80.0 Å². The lowest BCUT2D eigenvalue weighted by molar-refractivity contribution is -0.148. The van der Waals surface area contributed by atoms with Crippen molar-refractivity contribution in [3.8, 4) is 37.0 Å². The first-order chi connectivity index (χ1) is 50.4. The van der Waals surface area contributed by atoms with Gasteiger partial charge in [-0.1, -0.05) is 125 Å². The number of hydrogen-bond acceptors (Lipinski definition) is 18. The number of piperazine rings is 3. The van der Waals surface area contributed by atoms with Gasteiger partial charge in [0.2, 0.25) is 28.9 Å². The van der Waals surface area contributed by atoms with E-state index in [9.17, 15) is 28.8 Å². The van der Waals surface area contributed by atoms with Crippen molar-refractivity contribution in [1.82, 2.24) is 69.1 Å². The number of carbonyl (C=O) groups is 6. The molecule has 0 saturated carbocycles. The fraction of sp³-hybridized carbons (Fsp3) is 0.810. The second-order valence-corrected chi connectivity index (χ2v) is 27.4. The number of rotatable bonds is 17. The van der Waals surface area contributed by atoms with E-state index >= 15 is 0 Å². The molecule has 0 aromatic heterocycles. The van der Waals surface area contributed by atoms with Gasteiger partial charge in [-0.2, -0.15) is 0 Å². The number of nitrogens with two attached hydrogens (primary N) is 1. The highest BCUT2D eigenvalue weighted by molar-refractivity contribution is 7.89. The van der Waals surface area contributed by atoms with E-state index in [0.717, 1.165) is 91.2 Å². The third-order valence-corrected chi connectivity index (χ3v) is 16.5. The van der Waals surface area contributed by atoms with Gasteiger partial charge in [-0.05, 0) is 86.4 Å². The molecule has 608 valence electrons. The molecule has 4 amide bonds. The first-order valence-corrected chi connectivity index (χ1v) is 38.9. The smallest absolute Gasteiger partial charge is 0.237 e. The average Bonchev–Trinajstić information content (AvgIpc) is 0.809. The highest BCUT2D eigenvalue weighted by Crippen LogP contribution is 2.20. The molecule has 8 rings (SSSR count). The number of likely N-dealkylation sites (N-methyl/N-ethyl adjacent to an activating group) is 3. The van der Waals surface area contributed by atoms with Crippen molar-refractivity contribution in [2.45, 2.75) is 149 Å². The number of unbranched alkanes of at least 4 members (excludes halogenated alkanes) is 2. The Hall–Kier alpha value is -0.551. The molecule has 8 aliphatic heterocycles. The highest BCUT2D eigenvalue weighted by Gasteiger charge is 2.38. The summed E-state index contributed by atoms with van der Waals surface area (Å²) >= 11 is 9.55. The van der Waals surface area contributed by atoms with E-state index in [-0.39, 0.29) is 72.7 Å². The van der Waals surface area contributed by atoms with Crippen LogP contribution in [0.3, 0.4) is 0 Å². The van der Waals surface area contributed by atoms with Crippen molar-refractivity contribution >= 4 is 251 Å². The fourth-order valence-electron chi connectivity index (χ4n) is 7.81. The van der Waals surface area contributed by atoms with Gasteiger partial charge in [0.05, 0.1) is 56.7 Å². The number of hydrogen-bond donors (Lipinski definition) is 5. The average molecular weight is 1660 g/mol. The lowest BCUT2D eigenvalue weighted by atomic mass is 8.68. The van der Waals surface area contributed by atoms with E-state index in [2.05, 4.69) is 181 Å². The van der Waals surface area contributed by atoms with Crippen LogP contribution in [0.5, 0.6) is 0 Å². The van der Waals surface area contributed by atoms with Crippen LogP contribution < -0.4 is 26.5 Å². The number of nitrogens with zero attached hydrogens (tertiary/aromatic N) is 10. The predicted molar refractivity (Wildman–Crippen MR) is 532 cm³/mol. The number of terminal acetylenes is 2. The van der Waals surface area contributed by atoms with Crippen LogP contribution in [0, 0.1) is 37.0 Å². The molecule has 0 spiro atoms. The topological polar surface area (TPSA) is 218 Å². The van der Waals surface area contributed by atoms with E-state index in [4.69, 9.17) is 98.6 Å². The number of methoxy groups -OCH3 is 1. The first kappa shape index (κ1) is 143. The molecule has 0 aromatic rings. The lowest BCUT2D eigenvalue weighted by Crippen LogP contribution is -2.65. The van der Waals surface area contributed by atoms with Gasteiger partial charge in [0.1, 0.15) is 0 Å². The zero-order chi connectivity index (χ0) is 85.2. The van der Waals surface area contributed by atoms with Crippen LogP contribution in [0.25, 0.3) is 0 Å². The number of amides is 4. The van der Waals surface area contributed by atoms with Gasteiger partial charge >= 0.3 is 0 Å². The van der Waals surface area contributed by atoms with Gasteiger partial charge in [0.15, 0.2) is 5.78 Å². The summed E-state index contributed by atoms with van der Waals surface area (Å²) in [5.41, 5.74) is 5.06. The van der Waals surface area contributed by atoms with Gasteiger partial charge in [0, 0.05) is 278 Å². The van der Waals surface area contributed by atoms with Gasteiger partial charge < -0.3 is 45.8 Å². The Balaban J connectivity index is -0.0000000781. The molecule has 49 heteroatoms. The summed E-state index contributed by atoms with van der Waals surface area (Å²) in [7, 11) is 87.9. The predicted octanol–water partition coefficient (Wildman–Crippen LogP) is -1.89. The molecule has 6 N–H and O–H groups in total. The molecule has 8 saturated heterocycles. The number of halogens is 2. The molecule has 0 aliphatic carbocycles. The largest absolute Gasteiger partial charge is 0.385 e. The third kappa shape index (κ3) is 91.7. The number of likely N-dealkylation sites (tertiary alicyclic amines) is 1. The minimum absolute atomic E-state index is 0. The molecule has 112 heavy (non-hydrogen) atoms. The van der Waals surface area contributed by atoms with E-state index in [0.29, 0.717) is 70.2 Å². The van der Waals surface area contributed by atoms with Crippen LogP contribution in [0.4, 0.5) is 0 Å². The minimum atomic E-state index is -0.667. The molecular formula is C63H140B20Cl2N15O7P5. The Labute approximate surface area is 732 Å². The van der Waals surface area contributed by atoms with E-state index in [1.54, 1.807) is 25.9 Å². The van der Waals surface area contributed by atoms with Crippen molar-refractivity contribution < 1.29 is 33.5 Å². The molecule has 22 nitrogen and oxygen atoms in total. The van der Waals surface area contributed by atoms with Crippen molar-refractivity contribution in [3.05, 3.63) is 0 Å². The van der Waals surface area contributed by atoms with Crippen LogP contribution in [0.1, 0.15) is 125 Å². The molecule has 8 aliphatic rings. The number of alkyl halides is 1. The van der Waals surface area contributed by atoms with E-state index < -0.39 is 43.6 Å². The Morgan fingerprint density at radius 3 is 1.04 bits per heavy atom. The molecule has 5 unspecified atom stereocenters. The minimum Gasteiger partial charge on any atom is -0.385 e. The third-order valence-electron chi connectivity index (χ3n) is 14.2. The second-order valence-electron chi connectivity index (χ2n) is 23.7. The van der Waals surface area contributed by atoms with Crippen LogP contribution in [-0.2, 0) is 33.5 Å². The number of nitrogens with one attached hydrogen (secondary N) is 4. The molecular weight excluding hydrogens is 1520 g/mol. The maximum Gasteiger partial charge on any atom is 0.237 e. The van der Waals surface area contributed by atoms with Crippen molar-refractivity contribution in [2.24, 2.45) is 5.73 Å². The standard InChI is InChI=1S/C10H17N3O2.C8H16N3OP.C8H15N3O.C7H17N2P.C4H12NP.C4H6.C3H6NOP.C3H8O.C3H4.C2H2Cl2O.C2H9N2P.C2H6.C2H2.5CH4.B8.B6.B4.B2/c1-8(14)12-5-9(6-12)13-4-3-11(2)7-10(13)15;1-9-2-3-11(8(12)6-9)7-4-10(13)5-7;1-10-2-3-11(8(12)6-10)7-4-9-5-7;1-2-3-4-8-7-5-9(10)6-7;1-2-3-4-5-6;1-3-4-2;5-3-1-4(6)2-3;1-3-4-2;1-3-2;3-1-2(4)5;3-1-2-4-5;2*1-2;;;;;;1-6(2)8(5)7(3)4;1-5(2)6(3)4;1-4(2)3;1-2/h9H,3-7H2,1-2H3;7H,2-6,13H2,1H3;7,9H,2-6H2,1H3;7-8H,2-6,10H2,1H3;5H,2-4,6H2,1H3;1-2H3;1-2,6H2;3H2,1-2H3;1H,2H3;1H2;4H,1-3,5H2;1-2H3;1-2H;5*1H4;;;;. The summed E-state index contributed by atoms with van der Waals surface area (Å²) in [6.07, 6.45) is 14.1. The quantitative estimate of drug-likeness (QED) is 0.0269. The SMILES string of the molecule is C.C.C.C.C.C#C.C#CC.CC.CC#CC.CC(=O)N1CC(N2CCN(C)CC2=O)C1.CCCCNC1CN(P)C1.CCCCNP.CCOC.CN1CCN(C2CN(P)C2)C(=O)C1.CN1CCN(C2CNC2)C(=O)C1.NCCNP.O=C(Cl)CCl.O=C1CN(P)C1.[B]B([B])B([B])B([B])[B].[B]B([B])B([B])[B].[B]B([B])[B].[B][B]. The summed E-state index contributed by atoms with van der Waals surface area (Å²) in [4.78, 5) is 79.2. The number of carbonyl (C=O) groups excluding carboxylic acids is 6. The molecule has 5 atom stereocenters. The molecule has 0 bridgehead atoms. The van der Waals surface area contributed by atoms with Crippen molar-refractivity contribution in [3.63, 3.8) is 0 Å². The normalized spacial score (nSPS) is 15.5. The van der Waals surface area contributed by atoms with Gasteiger partial charge in [-0.25, -0.2) is 0 Å². The summed E-state index contributed by atoms with van der Waals surface area (Å²) in [6, 6.07) is 1.98.